The molecule has 0 radical (unpaired) electrons. The van der Waals surface area contributed by atoms with Crippen molar-refractivity contribution >= 4 is 17.8 Å². The summed E-state index contributed by atoms with van der Waals surface area (Å²) >= 11 is 0. The van der Waals surface area contributed by atoms with Crippen LogP contribution in [0.25, 0.3) is 0 Å². The van der Waals surface area contributed by atoms with Crippen molar-refractivity contribution in [3.63, 3.8) is 0 Å². The number of carbonyl (C=O) groups is 1. The molecule has 3 rings (SSSR count). The Bertz CT molecular complexity index is 678. The van der Waals surface area contributed by atoms with E-state index in [1.807, 2.05) is 0 Å². The van der Waals surface area contributed by atoms with Crippen LogP contribution in [0.5, 0.6) is 0 Å². The first-order valence-electron chi connectivity index (χ1n) is 5.71. The van der Waals surface area contributed by atoms with Gasteiger partial charge in [0.25, 0.3) is 5.91 Å². The van der Waals surface area contributed by atoms with Crippen LogP contribution in [0.15, 0.2) is 33.8 Å². The van der Waals surface area contributed by atoms with Crippen LogP contribution in [0.4, 0.5) is 10.1 Å². The van der Waals surface area contributed by atoms with E-state index in [0.29, 0.717) is 22.7 Å². The smallest absolute Gasteiger partial charge is 0.266 e. The van der Waals surface area contributed by atoms with Gasteiger partial charge in [-0.2, -0.15) is 0 Å². The number of aliphatic imine (C=N–C) groups is 1. The maximum Gasteiger partial charge on any atom is 0.266 e. The third kappa shape index (κ3) is 1.91. The summed E-state index contributed by atoms with van der Waals surface area (Å²) < 4.78 is 18.9. The van der Waals surface area contributed by atoms with E-state index in [-0.39, 0.29) is 5.91 Å². The molecular formula is C13H10FN3O2. The summed E-state index contributed by atoms with van der Waals surface area (Å²) in [4.78, 5) is 15.6. The predicted octanol–water partition coefficient (Wildman–Crippen LogP) is 2.23. The maximum absolute atomic E-state index is 13.9. The van der Waals surface area contributed by atoms with Gasteiger partial charge < -0.3 is 9.84 Å². The van der Waals surface area contributed by atoms with Gasteiger partial charge in [-0.15, -0.1) is 0 Å². The molecule has 19 heavy (non-hydrogen) atoms. The van der Waals surface area contributed by atoms with Gasteiger partial charge >= 0.3 is 0 Å². The zero-order valence-corrected chi connectivity index (χ0v) is 10.1. The molecule has 1 unspecified atom stereocenters. The second kappa shape index (κ2) is 4.31. The van der Waals surface area contributed by atoms with Crippen LogP contribution in [0.2, 0.25) is 0 Å². The van der Waals surface area contributed by atoms with Crippen molar-refractivity contribution in [3.8, 4) is 0 Å². The van der Waals surface area contributed by atoms with Gasteiger partial charge in [0, 0.05) is 5.56 Å². The average Bonchev–Trinajstić information content (AvgIpc) is 2.66. The van der Waals surface area contributed by atoms with Crippen LogP contribution >= 0.6 is 0 Å². The third-order valence-electron chi connectivity index (χ3n) is 2.94. The van der Waals surface area contributed by atoms with Crippen LogP contribution in [0.1, 0.15) is 23.1 Å². The number of aryl methyl sites for hydroxylation is 1. The predicted molar refractivity (Wildman–Crippen MR) is 66.6 cm³/mol. The van der Waals surface area contributed by atoms with Crippen molar-refractivity contribution in [1.29, 1.82) is 0 Å². The van der Waals surface area contributed by atoms with Gasteiger partial charge in [-0.25, -0.2) is 4.39 Å². The van der Waals surface area contributed by atoms with Crippen molar-refractivity contribution in [2.45, 2.75) is 13.0 Å². The summed E-state index contributed by atoms with van der Waals surface area (Å²) in [6, 6.07) is 5.57. The molecule has 6 heteroatoms. The highest BCUT2D eigenvalue weighted by atomic mass is 19.1. The molecule has 1 aliphatic rings. The van der Waals surface area contributed by atoms with Crippen molar-refractivity contribution in [1.82, 2.24) is 5.16 Å². The van der Waals surface area contributed by atoms with Crippen LogP contribution in [-0.4, -0.2) is 17.3 Å². The van der Waals surface area contributed by atoms with Crippen LogP contribution in [0.3, 0.4) is 0 Å². The lowest BCUT2D eigenvalue weighted by Gasteiger charge is -2.10. The molecule has 1 N–H and O–H groups in total. The van der Waals surface area contributed by atoms with E-state index in [2.05, 4.69) is 15.5 Å². The van der Waals surface area contributed by atoms with Gasteiger partial charge in [0.2, 0.25) is 0 Å². The summed E-state index contributed by atoms with van der Waals surface area (Å²) in [5.41, 5.74) is 1.21. The van der Waals surface area contributed by atoms with E-state index >= 15 is 0 Å². The highest BCUT2D eigenvalue weighted by Crippen LogP contribution is 2.35. The highest BCUT2D eigenvalue weighted by Gasteiger charge is 2.28. The Morgan fingerprint density at radius 1 is 1.37 bits per heavy atom. The van der Waals surface area contributed by atoms with Crippen molar-refractivity contribution in [2.75, 3.05) is 5.32 Å². The lowest BCUT2D eigenvalue weighted by Crippen LogP contribution is -2.11. The largest absolute Gasteiger partial charge is 0.359 e. The number of aromatic nitrogens is 1. The maximum atomic E-state index is 13.9. The zero-order chi connectivity index (χ0) is 13.4. The number of carbonyl (C=O) groups excluding carboxylic acids is 1. The molecule has 0 saturated heterocycles. The molecule has 2 heterocycles. The number of halogens is 1. The number of hydrogen-bond donors (Lipinski definition) is 1. The molecule has 0 spiro atoms. The molecule has 1 atom stereocenters. The molecule has 1 amide bonds. The molecule has 5 nitrogen and oxygen atoms in total. The Kier molecular flexibility index (Phi) is 2.63. The molecule has 0 bridgehead atoms. The second-order valence-corrected chi connectivity index (χ2v) is 4.19. The van der Waals surface area contributed by atoms with E-state index in [1.165, 1.54) is 6.07 Å². The highest BCUT2D eigenvalue weighted by molar-refractivity contribution is 6.32. The van der Waals surface area contributed by atoms with Gasteiger partial charge in [0.1, 0.15) is 23.2 Å². The standard InChI is InChI=1S/C13H10FN3O2/c1-7-11-13(17-19-7)12(15-6-10(18)16-11)8-4-2-3-5-9(8)14/h2-6,12H,1H3,(H,16,18). The van der Waals surface area contributed by atoms with Crippen molar-refractivity contribution in [2.24, 2.45) is 4.99 Å². The number of fused-ring (bicyclic) bond motifs is 1. The molecule has 1 aromatic heterocycles. The van der Waals surface area contributed by atoms with Crippen LogP contribution in [0, 0.1) is 12.7 Å². The summed E-state index contributed by atoms with van der Waals surface area (Å²) in [5, 5.41) is 6.50. The van der Waals surface area contributed by atoms with Crippen molar-refractivity contribution < 1.29 is 13.7 Å². The first-order valence-corrected chi connectivity index (χ1v) is 5.71. The van der Waals surface area contributed by atoms with Gasteiger partial charge in [-0.1, -0.05) is 23.4 Å². The molecule has 1 aliphatic heterocycles. The number of nitrogens with one attached hydrogen (secondary N) is 1. The third-order valence-corrected chi connectivity index (χ3v) is 2.94. The fraction of sp³-hybridized carbons (Fsp3) is 0.154. The Hall–Kier alpha value is -2.50. The lowest BCUT2D eigenvalue weighted by molar-refractivity contribution is -0.109. The van der Waals surface area contributed by atoms with Gasteiger partial charge in [-0.05, 0) is 13.0 Å². The zero-order valence-electron chi connectivity index (χ0n) is 10.1. The molecule has 96 valence electrons. The molecular weight excluding hydrogens is 249 g/mol. The molecule has 2 aromatic rings. The fourth-order valence-corrected chi connectivity index (χ4v) is 2.02. The molecule has 0 fully saturated rings. The summed E-state index contributed by atoms with van der Waals surface area (Å²) in [5.74, 6) is -0.313. The number of rotatable bonds is 1. The Labute approximate surface area is 108 Å². The Morgan fingerprint density at radius 3 is 2.95 bits per heavy atom. The van der Waals surface area contributed by atoms with Crippen molar-refractivity contribution in [3.05, 3.63) is 47.1 Å². The first kappa shape index (κ1) is 11.6. The average molecular weight is 259 g/mol. The normalized spacial score (nSPS) is 17.8. The van der Waals surface area contributed by atoms with Gasteiger partial charge in [0.05, 0.1) is 6.21 Å². The van der Waals surface area contributed by atoms with E-state index < -0.39 is 11.9 Å². The number of nitrogens with zero attached hydrogens (tertiary/aromatic N) is 2. The summed E-state index contributed by atoms with van der Waals surface area (Å²) in [6.07, 6.45) is 1.14. The minimum atomic E-state index is -0.687. The quantitative estimate of drug-likeness (QED) is 0.853. The topological polar surface area (TPSA) is 67.5 Å². The monoisotopic (exact) mass is 259 g/mol. The van der Waals surface area contributed by atoms with Crippen LogP contribution < -0.4 is 5.32 Å². The fourth-order valence-electron chi connectivity index (χ4n) is 2.02. The minimum Gasteiger partial charge on any atom is -0.359 e. The summed E-state index contributed by atoms with van der Waals surface area (Å²) in [6.45, 7) is 1.68. The Balaban J connectivity index is 2.18. The molecule has 1 aromatic carbocycles. The number of benzene rings is 1. The van der Waals surface area contributed by atoms with Crippen LogP contribution in [-0.2, 0) is 4.79 Å². The van der Waals surface area contributed by atoms with Gasteiger partial charge in [-0.3, -0.25) is 9.79 Å². The molecule has 0 aliphatic carbocycles. The minimum absolute atomic E-state index is 0.352. The Morgan fingerprint density at radius 2 is 2.16 bits per heavy atom. The lowest BCUT2D eigenvalue weighted by atomic mass is 10.0. The number of anilines is 1. The van der Waals surface area contributed by atoms with Gasteiger partial charge in [0.15, 0.2) is 5.76 Å². The number of hydrogen-bond acceptors (Lipinski definition) is 4. The van der Waals surface area contributed by atoms with E-state index in [9.17, 15) is 9.18 Å². The molecule has 0 saturated carbocycles. The SMILES string of the molecule is Cc1onc2c1NC(=O)C=NC2c1ccccc1F. The summed E-state index contributed by atoms with van der Waals surface area (Å²) in [7, 11) is 0. The van der Waals surface area contributed by atoms with E-state index in [0.717, 1.165) is 6.21 Å². The number of amides is 1. The second-order valence-electron chi connectivity index (χ2n) is 4.19. The van der Waals surface area contributed by atoms with E-state index in [1.54, 1.807) is 25.1 Å². The first-order chi connectivity index (χ1) is 9.16. The van der Waals surface area contributed by atoms with E-state index in [4.69, 9.17) is 4.52 Å².